The smallest absolute Gasteiger partial charge is 0.263 e. The van der Waals surface area contributed by atoms with Gasteiger partial charge in [-0.3, -0.25) is 10.8 Å². The fourth-order valence-electron chi connectivity index (χ4n) is 2.24. The molecule has 0 aliphatic heterocycles. The van der Waals surface area contributed by atoms with Crippen LogP contribution < -0.4 is 5.32 Å². The zero-order valence-corrected chi connectivity index (χ0v) is 13.5. The summed E-state index contributed by atoms with van der Waals surface area (Å²) in [6.45, 7) is 0. The summed E-state index contributed by atoms with van der Waals surface area (Å²) in [5.74, 6) is -0.243. The lowest BCUT2D eigenvalue weighted by atomic mass is 10.1. The first-order chi connectivity index (χ1) is 12.5. The second kappa shape index (κ2) is 7.60. The van der Waals surface area contributed by atoms with Crippen molar-refractivity contribution < 1.29 is 17.9 Å². The predicted octanol–water partition coefficient (Wildman–Crippen LogP) is 5.33. The van der Waals surface area contributed by atoms with Crippen LogP contribution in [0.25, 0.3) is 0 Å². The average molecular weight is 355 g/mol. The van der Waals surface area contributed by atoms with Gasteiger partial charge in [-0.1, -0.05) is 18.2 Å². The number of hydrogen-bond acceptors (Lipinski definition) is 5. The Kier molecular flexibility index (Phi) is 5.07. The van der Waals surface area contributed by atoms with Gasteiger partial charge in [0.15, 0.2) is 5.76 Å². The molecule has 3 N–H and O–H groups in total. The minimum Gasteiger partial charge on any atom is -0.459 e. The number of nitrogens with one attached hydrogen (secondary N) is 3. The summed E-state index contributed by atoms with van der Waals surface area (Å²) in [5, 5.41) is 18.9. The van der Waals surface area contributed by atoms with E-state index in [2.05, 4.69) is 5.32 Å². The van der Waals surface area contributed by atoms with Crippen LogP contribution in [0.5, 0.6) is 0 Å². The number of benzene rings is 2. The molecule has 0 fully saturated rings. The van der Waals surface area contributed by atoms with E-state index >= 15 is 0 Å². The molecule has 1 aromatic heterocycles. The highest BCUT2D eigenvalue weighted by Gasteiger charge is 2.11. The van der Waals surface area contributed by atoms with Gasteiger partial charge in [0.05, 0.1) is 6.26 Å². The Morgan fingerprint density at radius 2 is 1.69 bits per heavy atom. The zero-order valence-electron chi connectivity index (χ0n) is 13.5. The van der Waals surface area contributed by atoms with Gasteiger partial charge in [0.1, 0.15) is 0 Å². The molecule has 0 atom stereocenters. The van der Waals surface area contributed by atoms with Crippen LogP contribution in [0.2, 0.25) is 0 Å². The molecule has 132 valence electrons. The number of halogens is 2. The van der Waals surface area contributed by atoms with Crippen LogP contribution in [0.3, 0.4) is 0 Å². The lowest BCUT2D eigenvalue weighted by Gasteiger charge is -2.10. The van der Waals surface area contributed by atoms with Crippen molar-refractivity contribution >= 4 is 23.2 Å². The number of hydrogen-bond donors (Lipinski definition) is 3. The van der Waals surface area contributed by atoms with Crippen LogP contribution in [0, 0.1) is 10.8 Å². The number of ether oxygens (including phenoxy) is 1. The molecule has 0 aliphatic rings. The van der Waals surface area contributed by atoms with Crippen molar-refractivity contribution in [2.24, 2.45) is 0 Å². The molecule has 0 saturated carbocycles. The highest BCUT2D eigenvalue weighted by Crippen LogP contribution is 2.23. The van der Waals surface area contributed by atoms with Gasteiger partial charge in [-0.15, -0.1) is 0 Å². The Morgan fingerprint density at radius 1 is 0.923 bits per heavy atom. The summed E-state index contributed by atoms with van der Waals surface area (Å²) in [6, 6.07) is 15.8. The molecule has 0 bridgehead atoms. The Hall–Kier alpha value is -3.48. The van der Waals surface area contributed by atoms with Gasteiger partial charge in [0.25, 0.3) is 12.3 Å². The molecule has 26 heavy (non-hydrogen) atoms. The molecule has 0 unspecified atom stereocenters. The van der Waals surface area contributed by atoms with Gasteiger partial charge >= 0.3 is 0 Å². The second-order valence-electron chi connectivity index (χ2n) is 5.37. The molecule has 0 spiro atoms. The van der Waals surface area contributed by atoms with E-state index < -0.39 is 6.43 Å². The normalized spacial score (nSPS) is 10.6. The maximum atomic E-state index is 12.6. The average Bonchev–Trinajstić information content (AvgIpc) is 3.17. The number of anilines is 2. The van der Waals surface area contributed by atoms with E-state index in [0.717, 1.165) is 0 Å². The molecule has 2 aromatic carbocycles. The largest absolute Gasteiger partial charge is 0.459 e. The minimum absolute atomic E-state index is 0.0454. The van der Waals surface area contributed by atoms with Crippen LogP contribution in [0.4, 0.5) is 20.2 Å². The van der Waals surface area contributed by atoms with Crippen LogP contribution in [0.1, 0.15) is 23.3 Å². The maximum Gasteiger partial charge on any atom is 0.263 e. The number of furan rings is 1. The van der Waals surface area contributed by atoms with Gasteiger partial charge < -0.3 is 14.5 Å². The first-order valence-electron chi connectivity index (χ1n) is 7.67. The number of rotatable bonds is 5. The topological polar surface area (TPSA) is 82.1 Å². The van der Waals surface area contributed by atoms with Gasteiger partial charge in [0.2, 0.25) is 5.90 Å². The van der Waals surface area contributed by atoms with Crippen LogP contribution in [-0.4, -0.2) is 11.8 Å². The highest BCUT2D eigenvalue weighted by atomic mass is 19.3. The van der Waals surface area contributed by atoms with E-state index in [9.17, 15) is 8.78 Å². The molecule has 3 rings (SSSR count). The molecule has 7 heteroatoms. The highest BCUT2D eigenvalue weighted by molar-refractivity contribution is 6.04. The van der Waals surface area contributed by atoms with Crippen molar-refractivity contribution in [3.8, 4) is 0 Å². The van der Waals surface area contributed by atoms with Crippen molar-refractivity contribution in [2.75, 3.05) is 5.32 Å². The molecule has 1 heterocycles. The first kappa shape index (κ1) is 17.3. The second-order valence-corrected chi connectivity index (χ2v) is 5.37. The summed E-state index contributed by atoms with van der Waals surface area (Å²) >= 11 is 0. The third-order valence-corrected chi connectivity index (χ3v) is 3.53. The van der Waals surface area contributed by atoms with Crippen LogP contribution >= 0.6 is 0 Å². The van der Waals surface area contributed by atoms with Crippen molar-refractivity contribution in [1.82, 2.24) is 0 Å². The fourth-order valence-corrected chi connectivity index (χ4v) is 2.24. The van der Waals surface area contributed by atoms with E-state index in [-0.39, 0.29) is 23.1 Å². The van der Waals surface area contributed by atoms with Crippen molar-refractivity contribution in [3.05, 3.63) is 83.8 Å². The Balaban J connectivity index is 1.69. The van der Waals surface area contributed by atoms with Gasteiger partial charge in [-0.2, -0.15) is 0 Å². The molecule has 0 aliphatic carbocycles. The van der Waals surface area contributed by atoms with Crippen molar-refractivity contribution in [1.29, 1.82) is 10.8 Å². The van der Waals surface area contributed by atoms with Crippen LogP contribution in [-0.2, 0) is 4.74 Å². The SMILES string of the molecule is N=C(OC(=N)c1ccco1)c1cccc(Nc2ccc(C(F)F)cc2)c1. The Morgan fingerprint density at radius 3 is 2.35 bits per heavy atom. The molecule has 5 nitrogen and oxygen atoms in total. The lowest BCUT2D eigenvalue weighted by Crippen LogP contribution is -2.12. The van der Waals surface area contributed by atoms with Gasteiger partial charge in [0, 0.05) is 22.5 Å². The summed E-state index contributed by atoms with van der Waals surface area (Å²) in [4.78, 5) is 0. The molecule has 0 saturated heterocycles. The van der Waals surface area contributed by atoms with Crippen molar-refractivity contribution in [2.45, 2.75) is 6.43 Å². The molecule has 0 amide bonds. The van der Waals surface area contributed by atoms with E-state index in [0.29, 0.717) is 16.9 Å². The quantitative estimate of drug-likeness (QED) is 0.427. The van der Waals surface area contributed by atoms with Crippen molar-refractivity contribution in [3.63, 3.8) is 0 Å². The molecule has 0 radical (unpaired) electrons. The monoisotopic (exact) mass is 355 g/mol. The first-order valence-corrected chi connectivity index (χ1v) is 7.67. The van der Waals surface area contributed by atoms with E-state index in [1.54, 1.807) is 48.5 Å². The van der Waals surface area contributed by atoms with E-state index in [1.165, 1.54) is 18.4 Å². The minimum atomic E-state index is -2.51. The molecule has 3 aromatic rings. The summed E-state index contributed by atoms with van der Waals surface area (Å²) < 4.78 is 35.4. The third-order valence-electron chi connectivity index (χ3n) is 3.53. The van der Waals surface area contributed by atoms with Crippen LogP contribution in [0.15, 0.2) is 71.3 Å². The zero-order chi connectivity index (χ0) is 18.5. The lowest BCUT2D eigenvalue weighted by molar-refractivity contribution is 0.151. The van der Waals surface area contributed by atoms with Gasteiger partial charge in [-0.25, -0.2) is 8.78 Å². The fraction of sp³-hybridized carbons (Fsp3) is 0.0526. The van der Waals surface area contributed by atoms with E-state index in [1.807, 2.05) is 0 Å². The molecular weight excluding hydrogens is 340 g/mol. The van der Waals surface area contributed by atoms with E-state index in [4.69, 9.17) is 20.0 Å². The van der Waals surface area contributed by atoms with Gasteiger partial charge in [-0.05, 0) is 42.5 Å². The Labute approximate surface area is 148 Å². The Bertz CT molecular complexity index is 907. The number of alkyl halides is 2. The third kappa shape index (κ3) is 4.13. The summed E-state index contributed by atoms with van der Waals surface area (Å²) in [6.07, 6.45) is -1.09. The summed E-state index contributed by atoms with van der Waals surface area (Å²) in [5.41, 5.74) is 1.71. The standard InChI is InChI=1S/C19H15F2N3O2/c20-17(21)12-6-8-14(9-7-12)24-15-4-1-3-13(11-15)18(22)26-19(23)16-5-2-10-25-16/h1-11,17,22-24H. The maximum absolute atomic E-state index is 12.6. The predicted molar refractivity (Wildman–Crippen MR) is 94.6 cm³/mol. The summed E-state index contributed by atoms with van der Waals surface area (Å²) in [7, 11) is 0. The molecular formula is C19H15F2N3O2.